The Morgan fingerprint density at radius 3 is 2.97 bits per heavy atom. The average Bonchev–Trinajstić information content (AvgIpc) is 3.34. The van der Waals surface area contributed by atoms with Gasteiger partial charge in [0.25, 0.3) is 0 Å². The summed E-state index contributed by atoms with van der Waals surface area (Å²) in [4.78, 5) is 8.03. The van der Waals surface area contributed by atoms with Crippen LogP contribution in [0.2, 0.25) is 4.34 Å². The smallest absolute Gasteiger partial charge is 0.110 e. The number of aliphatic hydroxyl groups excluding tert-OH is 1. The largest absolute Gasteiger partial charge is 0.386 e. The van der Waals surface area contributed by atoms with Gasteiger partial charge in [-0.05, 0) is 44.4 Å². The van der Waals surface area contributed by atoms with Crippen LogP contribution in [0.15, 0.2) is 42.7 Å². The molecule has 5 nitrogen and oxygen atoms in total. The Balaban J connectivity index is 1.39. The van der Waals surface area contributed by atoms with Crippen LogP contribution in [0, 0.1) is 6.92 Å². The van der Waals surface area contributed by atoms with Gasteiger partial charge in [-0.2, -0.15) is 0 Å². The lowest BCUT2D eigenvalue weighted by Gasteiger charge is -2.47. The molecule has 2 aromatic heterocycles. The van der Waals surface area contributed by atoms with Gasteiger partial charge in [-0.1, -0.05) is 29.8 Å². The summed E-state index contributed by atoms with van der Waals surface area (Å²) in [5.74, 6) is 0.990. The third-order valence-corrected chi connectivity index (χ3v) is 7.99. The quantitative estimate of drug-likeness (QED) is 0.629. The van der Waals surface area contributed by atoms with E-state index in [0.717, 1.165) is 46.5 Å². The SMILES string of the molecule is Cc1nccn1-c1ccccc1CN1CC[C@]2(C[C@@H]1C)OC[C@H](O)c1cc(Cl)sc12. The van der Waals surface area contributed by atoms with Gasteiger partial charge in [0.2, 0.25) is 0 Å². The highest BCUT2D eigenvalue weighted by atomic mass is 35.5. The molecule has 0 amide bonds. The second-order valence-corrected chi connectivity index (χ2v) is 10.1. The Bertz CT molecular complexity index is 1060. The van der Waals surface area contributed by atoms with Crippen LogP contribution >= 0.6 is 22.9 Å². The van der Waals surface area contributed by atoms with E-state index in [4.69, 9.17) is 16.3 Å². The molecule has 2 aliphatic rings. The fraction of sp³-hybridized carbons (Fsp3) is 0.435. The number of aromatic nitrogens is 2. The third-order valence-electron chi connectivity index (χ3n) is 6.52. The molecule has 30 heavy (non-hydrogen) atoms. The van der Waals surface area contributed by atoms with E-state index in [1.165, 1.54) is 11.3 Å². The van der Waals surface area contributed by atoms with Crippen LogP contribution in [0.25, 0.3) is 5.69 Å². The van der Waals surface area contributed by atoms with Gasteiger partial charge in [0.05, 0.1) is 16.6 Å². The first-order valence-electron chi connectivity index (χ1n) is 10.4. The highest BCUT2D eigenvalue weighted by molar-refractivity contribution is 7.16. The molecule has 0 bridgehead atoms. The van der Waals surface area contributed by atoms with Crippen molar-refractivity contribution in [2.45, 2.75) is 51.0 Å². The van der Waals surface area contributed by atoms with E-state index in [1.807, 2.05) is 25.4 Å². The highest BCUT2D eigenvalue weighted by Gasteiger charge is 2.46. The summed E-state index contributed by atoms with van der Waals surface area (Å²) in [6.45, 7) is 6.46. The van der Waals surface area contributed by atoms with Gasteiger partial charge in [-0.25, -0.2) is 4.98 Å². The molecule has 0 radical (unpaired) electrons. The second kappa shape index (κ2) is 7.77. The number of halogens is 1. The molecule has 0 saturated carbocycles. The summed E-state index contributed by atoms with van der Waals surface area (Å²) >= 11 is 7.86. The fourth-order valence-corrected chi connectivity index (χ4v) is 6.40. The first-order chi connectivity index (χ1) is 14.5. The van der Waals surface area contributed by atoms with E-state index >= 15 is 0 Å². The lowest BCUT2D eigenvalue weighted by molar-refractivity contribution is -0.139. The van der Waals surface area contributed by atoms with Crippen molar-refractivity contribution < 1.29 is 9.84 Å². The van der Waals surface area contributed by atoms with Gasteiger partial charge in [-0.3, -0.25) is 4.90 Å². The summed E-state index contributed by atoms with van der Waals surface area (Å²) in [6.07, 6.45) is 5.09. The molecule has 1 fully saturated rings. The minimum Gasteiger partial charge on any atom is -0.386 e. The second-order valence-electron chi connectivity index (χ2n) is 8.40. The predicted octanol–water partition coefficient (Wildman–Crippen LogP) is 4.84. The number of likely N-dealkylation sites (tertiary alicyclic amines) is 1. The number of aryl methyl sites for hydroxylation is 1. The number of hydrogen-bond acceptors (Lipinski definition) is 5. The maximum atomic E-state index is 10.3. The number of para-hydroxylation sites is 1. The molecule has 5 rings (SSSR count). The first-order valence-corrected chi connectivity index (χ1v) is 11.6. The van der Waals surface area contributed by atoms with Crippen molar-refractivity contribution in [2.75, 3.05) is 13.2 Å². The van der Waals surface area contributed by atoms with Crippen LogP contribution in [-0.2, 0) is 16.9 Å². The highest BCUT2D eigenvalue weighted by Crippen LogP contribution is 2.50. The molecular weight excluding hydrogens is 418 g/mol. The van der Waals surface area contributed by atoms with E-state index in [2.05, 4.69) is 45.6 Å². The van der Waals surface area contributed by atoms with Crippen molar-refractivity contribution in [1.29, 1.82) is 0 Å². The molecule has 3 aromatic rings. The van der Waals surface area contributed by atoms with Gasteiger partial charge >= 0.3 is 0 Å². The van der Waals surface area contributed by atoms with Crippen LogP contribution in [-0.4, -0.2) is 38.8 Å². The molecule has 2 aliphatic heterocycles. The molecule has 7 heteroatoms. The Labute approximate surface area is 185 Å². The molecule has 0 aliphatic carbocycles. The molecule has 158 valence electrons. The van der Waals surface area contributed by atoms with Gasteiger partial charge in [0.15, 0.2) is 0 Å². The lowest BCUT2D eigenvalue weighted by atomic mass is 9.81. The minimum absolute atomic E-state index is 0.331. The maximum absolute atomic E-state index is 10.3. The van der Waals surface area contributed by atoms with Gasteiger partial charge in [-0.15, -0.1) is 11.3 Å². The monoisotopic (exact) mass is 443 g/mol. The Morgan fingerprint density at radius 2 is 2.20 bits per heavy atom. The first kappa shape index (κ1) is 20.2. The number of thiophene rings is 1. The van der Waals surface area contributed by atoms with Crippen molar-refractivity contribution in [3.05, 3.63) is 68.9 Å². The molecule has 4 heterocycles. The summed E-state index contributed by atoms with van der Waals surface area (Å²) in [5.41, 5.74) is 3.10. The summed E-state index contributed by atoms with van der Waals surface area (Å²) in [5, 5.41) is 10.3. The minimum atomic E-state index is -0.576. The topological polar surface area (TPSA) is 50.5 Å². The van der Waals surface area contributed by atoms with Crippen molar-refractivity contribution >= 4 is 22.9 Å². The zero-order chi connectivity index (χ0) is 20.9. The number of benzene rings is 1. The Kier molecular flexibility index (Phi) is 5.24. The number of ether oxygens (including phenoxy) is 1. The number of hydrogen-bond donors (Lipinski definition) is 1. The van der Waals surface area contributed by atoms with Gasteiger partial charge in [0, 0.05) is 42.0 Å². The molecule has 1 N–H and O–H groups in total. The Morgan fingerprint density at radius 1 is 1.37 bits per heavy atom. The zero-order valence-electron chi connectivity index (χ0n) is 17.2. The molecule has 3 atom stereocenters. The number of piperidine rings is 1. The van der Waals surface area contributed by atoms with E-state index in [1.54, 1.807) is 11.3 Å². The van der Waals surface area contributed by atoms with Gasteiger partial charge in [0.1, 0.15) is 17.5 Å². The number of aliphatic hydroxyl groups is 1. The number of fused-ring (bicyclic) bond motifs is 2. The van der Waals surface area contributed by atoms with E-state index < -0.39 is 6.10 Å². The van der Waals surface area contributed by atoms with Crippen molar-refractivity contribution in [2.24, 2.45) is 0 Å². The zero-order valence-corrected chi connectivity index (χ0v) is 18.8. The standard InChI is InChI=1S/C23H26ClN3O2S/c1-15-12-23(22-18(11-21(24)30-22)20(28)14-29-23)7-9-26(15)13-17-5-3-4-6-19(17)27-10-8-25-16(27)2/h3-6,8,10-11,15,20,28H,7,9,12-14H2,1-2H3/t15-,20-,23+/m0/s1. The van der Waals surface area contributed by atoms with Crippen LogP contribution in [0.4, 0.5) is 0 Å². The molecular formula is C23H26ClN3O2S. The number of rotatable bonds is 3. The van der Waals surface area contributed by atoms with E-state index in [0.29, 0.717) is 12.6 Å². The fourth-order valence-electron chi connectivity index (χ4n) is 4.93. The predicted molar refractivity (Wildman–Crippen MR) is 119 cm³/mol. The average molecular weight is 444 g/mol. The third kappa shape index (κ3) is 3.41. The summed E-state index contributed by atoms with van der Waals surface area (Å²) in [6, 6.07) is 10.8. The van der Waals surface area contributed by atoms with Crippen molar-refractivity contribution in [3.8, 4) is 5.69 Å². The molecule has 1 spiro atoms. The maximum Gasteiger partial charge on any atom is 0.110 e. The van der Waals surface area contributed by atoms with Crippen molar-refractivity contribution in [1.82, 2.24) is 14.5 Å². The molecule has 1 saturated heterocycles. The number of nitrogens with zero attached hydrogens (tertiary/aromatic N) is 3. The van der Waals surface area contributed by atoms with Crippen LogP contribution in [0.1, 0.15) is 47.7 Å². The van der Waals surface area contributed by atoms with Crippen LogP contribution in [0.5, 0.6) is 0 Å². The van der Waals surface area contributed by atoms with Crippen LogP contribution in [0.3, 0.4) is 0 Å². The van der Waals surface area contributed by atoms with Gasteiger partial charge < -0.3 is 14.4 Å². The summed E-state index contributed by atoms with van der Waals surface area (Å²) < 4.78 is 9.16. The van der Waals surface area contributed by atoms with Crippen molar-refractivity contribution in [3.63, 3.8) is 0 Å². The number of imidazole rings is 1. The normalized spacial score (nSPS) is 26.8. The molecule has 0 unspecified atom stereocenters. The Hall–Kier alpha value is -1.70. The van der Waals surface area contributed by atoms with E-state index in [-0.39, 0.29) is 5.60 Å². The lowest BCUT2D eigenvalue weighted by Crippen LogP contribution is -2.50. The molecule has 1 aromatic carbocycles. The van der Waals surface area contributed by atoms with E-state index in [9.17, 15) is 5.11 Å². The van der Waals surface area contributed by atoms with Crippen LogP contribution < -0.4 is 0 Å². The summed E-state index contributed by atoms with van der Waals surface area (Å²) in [7, 11) is 0.